The molecule has 0 bridgehead atoms. The van der Waals surface area contributed by atoms with Crippen LogP contribution in [0.2, 0.25) is 0 Å². The Bertz CT molecular complexity index is 722. The van der Waals surface area contributed by atoms with Crippen LogP contribution in [0, 0.1) is 6.92 Å². The molecule has 1 aromatic heterocycles. The van der Waals surface area contributed by atoms with Gasteiger partial charge in [-0.3, -0.25) is 9.17 Å². The van der Waals surface area contributed by atoms with E-state index in [1.807, 2.05) is 31.2 Å². The third-order valence-electron chi connectivity index (χ3n) is 3.06. The predicted molar refractivity (Wildman–Crippen MR) is 86.8 cm³/mol. The molecule has 0 spiro atoms. The fraction of sp³-hybridized carbons (Fsp3) is 0.235. The lowest BCUT2D eigenvalue weighted by Crippen LogP contribution is -2.15. The summed E-state index contributed by atoms with van der Waals surface area (Å²) in [7, 11) is -3.72. The van der Waals surface area contributed by atoms with Crippen LogP contribution in [0.25, 0.3) is 6.08 Å². The molecule has 5 heteroatoms. The molecule has 0 saturated carbocycles. The molecule has 2 rings (SSSR count). The lowest BCUT2D eigenvalue weighted by Gasteiger charge is -2.11. The SMILES string of the molecule is Cc1ccc(S(=O)(=O)O[C@@H](C)C/C=C/c2cccnc2)cc1. The minimum absolute atomic E-state index is 0.182. The Morgan fingerprint density at radius 3 is 2.59 bits per heavy atom. The molecule has 1 atom stereocenters. The van der Waals surface area contributed by atoms with Crippen molar-refractivity contribution in [3.05, 3.63) is 66.0 Å². The van der Waals surface area contributed by atoms with E-state index >= 15 is 0 Å². The highest BCUT2D eigenvalue weighted by atomic mass is 32.2. The predicted octanol–water partition coefficient (Wildman–Crippen LogP) is 3.59. The summed E-state index contributed by atoms with van der Waals surface area (Å²) in [5.74, 6) is 0. The zero-order chi connectivity index (χ0) is 16.0. The van der Waals surface area contributed by atoms with Crippen molar-refractivity contribution in [2.75, 3.05) is 0 Å². The zero-order valence-corrected chi connectivity index (χ0v) is 13.5. The van der Waals surface area contributed by atoms with Crippen molar-refractivity contribution >= 4 is 16.2 Å². The molecular formula is C17H19NO3S. The van der Waals surface area contributed by atoms with Gasteiger partial charge in [-0.05, 0) is 44.0 Å². The van der Waals surface area contributed by atoms with E-state index < -0.39 is 16.2 Å². The average molecular weight is 317 g/mol. The van der Waals surface area contributed by atoms with Gasteiger partial charge in [-0.1, -0.05) is 35.9 Å². The van der Waals surface area contributed by atoms with Crippen LogP contribution < -0.4 is 0 Å². The average Bonchev–Trinajstić information content (AvgIpc) is 2.48. The van der Waals surface area contributed by atoms with Crippen LogP contribution in [0.3, 0.4) is 0 Å². The summed E-state index contributed by atoms with van der Waals surface area (Å²) >= 11 is 0. The van der Waals surface area contributed by atoms with E-state index in [1.54, 1.807) is 43.6 Å². The number of hydrogen-bond acceptors (Lipinski definition) is 4. The van der Waals surface area contributed by atoms with E-state index in [1.165, 1.54) is 0 Å². The molecular weight excluding hydrogens is 298 g/mol. The van der Waals surface area contributed by atoms with Crippen molar-refractivity contribution in [3.63, 3.8) is 0 Å². The van der Waals surface area contributed by atoms with Crippen LogP contribution in [-0.2, 0) is 14.3 Å². The van der Waals surface area contributed by atoms with Crippen LogP contribution in [0.5, 0.6) is 0 Å². The second kappa shape index (κ2) is 7.33. The molecule has 4 nitrogen and oxygen atoms in total. The van der Waals surface area contributed by atoms with E-state index in [-0.39, 0.29) is 4.90 Å². The second-order valence-corrected chi connectivity index (χ2v) is 6.67. The smallest absolute Gasteiger partial charge is 0.264 e. The van der Waals surface area contributed by atoms with Crippen molar-refractivity contribution in [2.45, 2.75) is 31.3 Å². The van der Waals surface area contributed by atoms with Crippen molar-refractivity contribution in [3.8, 4) is 0 Å². The van der Waals surface area contributed by atoms with Crippen molar-refractivity contribution in [1.82, 2.24) is 4.98 Å². The maximum Gasteiger partial charge on any atom is 0.297 e. The van der Waals surface area contributed by atoms with E-state index in [4.69, 9.17) is 4.18 Å². The first-order valence-electron chi connectivity index (χ1n) is 7.04. The third kappa shape index (κ3) is 4.79. The van der Waals surface area contributed by atoms with E-state index in [0.717, 1.165) is 11.1 Å². The number of rotatable bonds is 6. The lowest BCUT2D eigenvalue weighted by atomic mass is 10.2. The van der Waals surface area contributed by atoms with Crippen LogP contribution in [0.1, 0.15) is 24.5 Å². The van der Waals surface area contributed by atoms with Crippen LogP contribution in [0.15, 0.2) is 59.8 Å². The molecule has 2 aromatic rings. The number of aryl methyl sites for hydroxylation is 1. The Hall–Kier alpha value is -1.98. The fourth-order valence-electron chi connectivity index (χ4n) is 1.89. The quantitative estimate of drug-likeness (QED) is 0.764. The highest BCUT2D eigenvalue weighted by molar-refractivity contribution is 7.86. The van der Waals surface area contributed by atoms with Gasteiger partial charge < -0.3 is 0 Å². The van der Waals surface area contributed by atoms with Gasteiger partial charge in [-0.2, -0.15) is 8.42 Å². The highest BCUT2D eigenvalue weighted by Gasteiger charge is 2.18. The first kappa shape index (κ1) is 16.4. The molecule has 1 aromatic carbocycles. The van der Waals surface area contributed by atoms with E-state index in [2.05, 4.69) is 4.98 Å². The summed E-state index contributed by atoms with van der Waals surface area (Å²) in [6, 6.07) is 10.4. The topological polar surface area (TPSA) is 56.3 Å². The first-order chi connectivity index (χ1) is 10.5. The monoisotopic (exact) mass is 317 g/mol. The Balaban J connectivity index is 1.95. The van der Waals surface area contributed by atoms with Crippen LogP contribution in [-0.4, -0.2) is 19.5 Å². The second-order valence-electron chi connectivity index (χ2n) is 5.10. The lowest BCUT2D eigenvalue weighted by molar-refractivity contribution is 0.232. The van der Waals surface area contributed by atoms with Gasteiger partial charge in [-0.15, -0.1) is 0 Å². The molecule has 0 unspecified atom stereocenters. The summed E-state index contributed by atoms with van der Waals surface area (Å²) in [4.78, 5) is 4.19. The van der Waals surface area contributed by atoms with Gasteiger partial charge in [0.15, 0.2) is 0 Å². The standard InChI is InChI=1S/C17H19NO3S/c1-14-8-10-17(11-9-14)22(19,20)21-15(2)5-3-6-16-7-4-12-18-13-16/h3-4,6-13,15H,5H2,1-2H3/b6-3+/t15-/m0/s1. The van der Waals surface area contributed by atoms with Gasteiger partial charge in [-0.25, -0.2) is 0 Å². The molecule has 0 saturated heterocycles. The maximum atomic E-state index is 12.1. The van der Waals surface area contributed by atoms with Gasteiger partial charge >= 0.3 is 0 Å². The Kier molecular flexibility index (Phi) is 5.46. The molecule has 1 heterocycles. The first-order valence-corrected chi connectivity index (χ1v) is 8.45. The third-order valence-corrected chi connectivity index (χ3v) is 4.49. The van der Waals surface area contributed by atoms with Crippen molar-refractivity contribution < 1.29 is 12.6 Å². The van der Waals surface area contributed by atoms with Crippen LogP contribution >= 0.6 is 0 Å². The van der Waals surface area contributed by atoms with Gasteiger partial charge in [0.2, 0.25) is 0 Å². The summed E-state index contributed by atoms with van der Waals surface area (Å²) < 4.78 is 29.5. The largest absolute Gasteiger partial charge is 0.297 e. The van der Waals surface area contributed by atoms with Crippen LogP contribution in [0.4, 0.5) is 0 Å². The maximum absolute atomic E-state index is 12.1. The summed E-state index contributed by atoms with van der Waals surface area (Å²) in [6.07, 6.45) is 7.29. The van der Waals surface area contributed by atoms with Gasteiger partial charge in [0.05, 0.1) is 11.0 Å². The molecule has 0 aliphatic carbocycles. The molecule has 0 aliphatic heterocycles. The van der Waals surface area contributed by atoms with Gasteiger partial charge in [0, 0.05) is 12.4 Å². The van der Waals surface area contributed by atoms with Crippen molar-refractivity contribution in [1.29, 1.82) is 0 Å². The summed E-state index contributed by atoms with van der Waals surface area (Å²) in [5.41, 5.74) is 1.97. The van der Waals surface area contributed by atoms with Crippen molar-refractivity contribution in [2.24, 2.45) is 0 Å². The zero-order valence-electron chi connectivity index (χ0n) is 12.6. The Labute approximate surface area is 131 Å². The Morgan fingerprint density at radius 1 is 1.23 bits per heavy atom. The molecule has 0 fully saturated rings. The van der Waals surface area contributed by atoms with E-state index in [0.29, 0.717) is 6.42 Å². The molecule has 0 N–H and O–H groups in total. The molecule has 0 amide bonds. The molecule has 0 radical (unpaired) electrons. The summed E-state index contributed by atoms with van der Waals surface area (Å²) in [6.45, 7) is 3.64. The highest BCUT2D eigenvalue weighted by Crippen LogP contribution is 2.16. The number of benzene rings is 1. The normalized spacial score (nSPS) is 13.4. The minimum atomic E-state index is -3.72. The number of aromatic nitrogens is 1. The summed E-state index contributed by atoms with van der Waals surface area (Å²) in [5, 5.41) is 0. The van der Waals surface area contributed by atoms with E-state index in [9.17, 15) is 8.42 Å². The number of hydrogen-bond donors (Lipinski definition) is 0. The fourth-order valence-corrected chi connectivity index (χ4v) is 2.98. The number of pyridine rings is 1. The molecule has 22 heavy (non-hydrogen) atoms. The Morgan fingerprint density at radius 2 is 1.95 bits per heavy atom. The van der Waals surface area contributed by atoms with Gasteiger partial charge in [0.25, 0.3) is 10.1 Å². The number of nitrogens with zero attached hydrogens (tertiary/aromatic N) is 1. The molecule has 116 valence electrons. The molecule has 0 aliphatic rings. The van der Waals surface area contributed by atoms with Gasteiger partial charge in [0.1, 0.15) is 0 Å². The minimum Gasteiger partial charge on any atom is -0.264 e.